The van der Waals surface area contributed by atoms with E-state index >= 15 is 0 Å². The lowest BCUT2D eigenvalue weighted by molar-refractivity contribution is -0.119. The van der Waals surface area contributed by atoms with Crippen LogP contribution in [0.15, 0.2) is 22.7 Å². The van der Waals surface area contributed by atoms with Gasteiger partial charge in [0.2, 0.25) is 5.91 Å². The number of methoxy groups -OCH3 is 1. The lowest BCUT2D eigenvalue weighted by Gasteiger charge is -2.41. The molecule has 2 heterocycles. The molecule has 2 unspecified atom stereocenters. The van der Waals surface area contributed by atoms with E-state index in [0.717, 1.165) is 59.6 Å². The summed E-state index contributed by atoms with van der Waals surface area (Å²) < 4.78 is 10.9. The predicted molar refractivity (Wildman–Crippen MR) is 124 cm³/mol. The second kappa shape index (κ2) is 9.68. The Hall–Kier alpha value is -2.29. The van der Waals surface area contributed by atoms with Crippen LogP contribution in [0.5, 0.6) is 0 Å². The van der Waals surface area contributed by atoms with Crippen LogP contribution in [-0.4, -0.2) is 60.1 Å². The summed E-state index contributed by atoms with van der Waals surface area (Å²) in [6.07, 6.45) is 3.91. The quantitative estimate of drug-likeness (QED) is 0.543. The van der Waals surface area contributed by atoms with Crippen LogP contribution in [0.3, 0.4) is 0 Å². The summed E-state index contributed by atoms with van der Waals surface area (Å²) >= 11 is 5.72. The highest BCUT2D eigenvalue weighted by molar-refractivity contribution is 6.27. The van der Waals surface area contributed by atoms with Crippen LogP contribution in [0.2, 0.25) is 0 Å². The zero-order valence-corrected chi connectivity index (χ0v) is 19.5. The topological polar surface area (TPSA) is 99.9 Å². The van der Waals surface area contributed by atoms with Crippen LogP contribution in [-0.2, 0) is 9.53 Å². The SMILES string of the molecule is COC1CCC(N2c3ccc(-c4c(C)noc4C)cc3NC2C(CO)NC(=O)CCl)CC1. The smallest absolute Gasteiger partial charge is 0.235 e. The van der Waals surface area contributed by atoms with Crippen molar-refractivity contribution >= 4 is 28.9 Å². The number of aliphatic hydroxyl groups is 1. The fraction of sp³-hybridized carbons (Fsp3) is 0.565. The van der Waals surface area contributed by atoms with Gasteiger partial charge in [-0.1, -0.05) is 11.2 Å². The lowest BCUT2D eigenvalue weighted by Crippen LogP contribution is -2.58. The molecule has 8 nitrogen and oxygen atoms in total. The highest BCUT2D eigenvalue weighted by atomic mass is 35.5. The Balaban J connectivity index is 1.68. The molecule has 1 fully saturated rings. The number of nitrogens with one attached hydrogen (secondary N) is 2. The third-order valence-electron chi connectivity index (χ3n) is 6.62. The maximum Gasteiger partial charge on any atom is 0.235 e. The van der Waals surface area contributed by atoms with E-state index in [1.165, 1.54) is 0 Å². The molecule has 0 bridgehead atoms. The highest BCUT2D eigenvalue weighted by Gasteiger charge is 2.40. The van der Waals surface area contributed by atoms with Crippen molar-refractivity contribution in [1.82, 2.24) is 10.5 Å². The molecule has 9 heteroatoms. The Kier molecular flexibility index (Phi) is 6.93. The first-order chi connectivity index (χ1) is 15.5. The minimum absolute atomic E-state index is 0.148. The Morgan fingerprint density at radius 1 is 1.38 bits per heavy atom. The number of hydrogen-bond donors (Lipinski definition) is 3. The molecular formula is C23H31ClN4O4. The summed E-state index contributed by atoms with van der Waals surface area (Å²) in [7, 11) is 1.76. The van der Waals surface area contributed by atoms with Gasteiger partial charge in [0.25, 0.3) is 0 Å². The molecule has 4 rings (SSSR count). The van der Waals surface area contributed by atoms with Gasteiger partial charge in [-0.3, -0.25) is 4.79 Å². The molecule has 2 aromatic rings. The largest absolute Gasteiger partial charge is 0.394 e. The number of aromatic nitrogens is 1. The van der Waals surface area contributed by atoms with Gasteiger partial charge < -0.3 is 29.9 Å². The number of rotatable bonds is 7. The molecule has 32 heavy (non-hydrogen) atoms. The second-order valence-electron chi connectivity index (χ2n) is 8.58. The van der Waals surface area contributed by atoms with Gasteiger partial charge in [0.1, 0.15) is 17.8 Å². The molecule has 2 aliphatic rings. The standard InChI is InChI=1S/C23H31ClN4O4/c1-13-22(14(2)32-27-13)15-4-9-20-18(10-15)26-23(19(12-29)25-21(30)11-24)28(20)16-5-7-17(31-3)8-6-16/h4,9-10,16-17,19,23,26,29H,5-8,11-12H2,1-3H3,(H,25,30). The van der Waals surface area contributed by atoms with Crippen LogP contribution in [0, 0.1) is 13.8 Å². The summed E-state index contributed by atoms with van der Waals surface area (Å²) in [5, 5.41) is 20.6. The monoisotopic (exact) mass is 462 g/mol. The van der Waals surface area contributed by atoms with Gasteiger partial charge in [-0.2, -0.15) is 0 Å². The molecule has 0 saturated heterocycles. The molecule has 3 N–H and O–H groups in total. The number of carbonyl (C=O) groups excluding carboxylic acids is 1. The van der Waals surface area contributed by atoms with E-state index in [4.69, 9.17) is 20.9 Å². The fourth-order valence-corrected chi connectivity index (χ4v) is 5.13. The summed E-state index contributed by atoms with van der Waals surface area (Å²) in [4.78, 5) is 14.3. The van der Waals surface area contributed by atoms with E-state index in [2.05, 4.69) is 38.9 Å². The summed E-state index contributed by atoms with van der Waals surface area (Å²) in [6.45, 7) is 3.64. The number of alkyl halides is 1. The predicted octanol–water partition coefficient (Wildman–Crippen LogP) is 3.19. The first kappa shape index (κ1) is 22.9. The van der Waals surface area contributed by atoms with Crippen molar-refractivity contribution in [2.75, 3.05) is 29.8 Å². The number of nitrogens with zero attached hydrogens (tertiary/aromatic N) is 2. The van der Waals surface area contributed by atoms with Crippen molar-refractivity contribution in [2.45, 2.75) is 63.9 Å². The number of ether oxygens (including phenoxy) is 1. The number of aliphatic hydroxyl groups excluding tert-OH is 1. The molecule has 1 aliphatic carbocycles. The van der Waals surface area contributed by atoms with Crippen molar-refractivity contribution in [3.05, 3.63) is 29.7 Å². The number of anilines is 2. The maximum atomic E-state index is 12.0. The molecule has 1 aromatic carbocycles. The molecular weight excluding hydrogens is 432 g/mol. The highest BCUT2D eigenvalue weighted by Crippen LogP contribution is 2.43. The fourth-order valence-electron chi connectivity index (χ4n) is 5.05. The van der Waals surface area contributed by atoms with E-state index in [9.17, 15) is 9.90 Å². The van der Waals surface area contributed by atoms with Gasteiger partial charge in [-0.15, -0.1) is 11.6 Å². The molecule has 1 amide bonds. The Bertz CT molecular complexity index is 938. The minimum Gasteiger partial charge on any atom is -0.394 e. The van der Waals surface area contributed by atoms with Crippen molar-refractivity contribution in [1.29, 1.82) is 0 Å². The molecule has 0 radical (unpaired) electrons. The van der Waals surface area contributed by atoms with Crippen molar-refractivity contribution in [3.63, 3.8) is 0 Å². The number of halogens is 1. The molecule has 1 saturated carbocycles. The van der Waals surface area contributed by atoms with Gasteiger partial charge >= 0.3 is 0 Å². The average molecular weight is 463 g/mol. The Morgan fingerprint density at radius 3 is 2.72 bits per heavy atom. The molecule has 1 aromatic heterocycles. The van der Waals surface area contributed by atoms with Gasteiger partial charge in [-0.25, -0.2) is 0 Å². The maximum absolute atomic E-state index is 12.0. The summed E-state index contributed by atoms with van der Waals surface area (Å²) in [5.41, 5.74) is 4.86. The summed E-state index contributed by atoms with van der Waals surface area (Å²) in [6, 6.07) is 6.04. The molecule has 2 atom stereocenters. The third kappa shape index (κ3) is 4.31. The van der Waals surface area contributed by atoms with E-state index in [1.807, 2.05) is 13.8 Å². The van der Waals surface area contributed by atoms with Crippen molar-refractivity contribution < 1.29 is 19.2 Å². The van der Waals surface area contributed by atoms with Crippen LogP contribution in [0.1, 0.15) is 37.1 Å². The number of aryl methyl sites for hydroxylation is 2. The van der Waals surface area contributed by atoms with Crippen LogP contribution >= 0.6 is 11.6 Å². The number of carbonyl (C=O) groups is 1. The van der Waals surface area contributed by atoms with Gasteiger partial charge in [0, 0.05) is 18.7 Å². The normalized spacial score (nSPS) is 23.5. The number of hydrogen-bond acceptors (Lipinski definition) is 7. The second-order valence-corrected chi connectivity index (χ2v) is 8.85. The van der Waals surface area contributed by atoms with E-state index in [-0.39, 0.29) is 36.7 Å². The van der Waals surface area contributed by atoms with Gasteiger partial charge in [-0.05, 0) is 57.2 Å². The van der Waals surface area contributed by atoms with Gasteiger partial charge in [0.05, 0.1) is 35.8 Å². The zero-order valence-electron chi connectivity index (χ0n) is 18.7. The van der Waals surface area contributed by atoms with Crippen LogP contribution in [0.4, 0.5) is 11.4 Å². The van der Waals surface area contributed by atoms with E-state index in [1.54, 1.807) is 7.11 Å². The number of amides is 1. The zero-order chi connectivity index (χ0) is 22.8. The van der Waals surface area contributed by atoms with E-state index < -0.39 is 6.04 Å². The Morgan fingerprint density at radius 2 is 2.12 bits per heavy atom. The summed E-state index contributed by atoms with van der Waals surface area (Å²) in [5.74, 6) is 0.322. The van der Waals surface area contributed by atoms with Gasteiger partial charge in [0.15, 0.2) is 0 Å². The van der Waals surface area contributed by atoms with Crippen molar-refractivity contribution in [3.8, 4) is 11.1 Å². The lowest BCUT2D eigenvalue weighted by atomic mass is 9.91. The number of benzene rings is 1. The van der Waals surface area contributed by atoms with Crippen LogP contribution in [0.25, 0.3) is 11.1 Å². The van der Waals surface area contributed by atoms with Crippen molar-refractivity contribution in [2.24, 2.45) is 0 Å². The first-order valence-corrected chi connectivity index (χ1v) is 11.6. The first-order valence-electron chi connectivity index (χ1n) is 11.1. The molecule has 174 valence electrons. The number of fused-ring (bicyclic) bond motifs is 1. The third-order valence-corrected chi connectivity index (χ3v) is 6.86. The Labute approximate surface area is 193 Å². The molecule has 1 aliphatic heterocycles. The average Bonchev–Trinajstić information content (AvgIpc) is 3.36. The van der Waals surface area contributed by atoms with E-state index in [0.29, 0.717) is 0 Å². The minimum atomic E-state index is -0.503. The molecule has 0 spiro atoms. The van der Waals surface area contributed by atoms with Crippen LogP contribution < -0.4 is 15.5 Å².